The van der Waals surface area contributed by atoms with Gasteiger partial charge in [0.2, 0.25) is 0 Å². The van der Waals surface area contributed by atoms with Crippen LogP contribution in [-0.4, -0.2) is 30.6 Å². The summed E-state index contributed by atoms with van der Waals surface area (Å²) in [6.45, 7) is 4.12. The van der Waals surface area contributed by atoms with Gasteiger partial charge in [-0.15, -0.1) is 0 Å². The molecule has 1 aliphatic carbocycles. The number of aromatic hydroxyl groups is 1. The number of hydrogen-bond acceptors (Lipinski definition) is 7. The maximum Gasteiger partial charge on any atom is 0.337 e. The molecule has 2 aromatic rings. The molecule has 34 heavy (non-hydrogen) atoms. The molecule has 0 aromatic heterocycles. The predicted molar refractivity (Wildman–Crippen MR) is 127 cm³/mol. The Morgan fingerprint density at radius 1 is 1.15 bits per heavy atom. The Bertz CT molecular complexity index is 1160. The van der Waals surface area contributed by atoms with E-state index in [1.54, 1.807) is 19.2 Å². The molecule has 2 N–H and O–H groups in total. The standard InChI is InChI=1S/C27H29NO6/c1-4-33-23-14-18(10-13-21(23)29)25-24(16(2)28-20-6-5-7-22(30)26(20)25)27(31)34-15-17-8-11-19(32-3)12-9-17/h8-14,25,28-29H,4-7,15H2,1-3H3. The van der Waals surface area contributed by atoms with Crippen LogP contribution < -0.4 is 14.8 Å². The van der Waals surface area contributed by atoms with Crippen LogP contribution in [0.3, 0.4) is 0 Å². The van der Waals surface area contributed by atoms with Crippen molar-refractivity contribution in [1.29, 1.82) is 0 Å². The molecule has 1 unspecified atom stereocenters. The molecule has 1 aliphatic heterocycles. The SMILES string of the molecule is CCOc1cc(C2C(C(=O)OCc3ccc(OC)cc3)=C(C)NC3=C2C(=O)CCC3)ccc1O. The van der Waals surface area contributed by atoms with Crippen LogP contribution in [0.15, 0.2) is 65.0 Å². The van der Waals surface area contributed by atoms with Crippen molar-refractivity contribution in [2.24, 2.45) is 0 Å². The lowest BCUT2D eigenvalue weighted by molar-refractivity contribution is -0.140. The molecule has 0 radical (unpaired) electrons. The summed E-state index contributed by atoms with van der Waals surface area (Å²) in [4.78, 5) is 26.4. The lowest BCUT2D eigenvalue weighted by Crippen LogP contribution is -2.34. The van der Waals surface area contributed by atoms with Crippen LogP contribution in [0, 0.1) is 0 Å². The Hall–Kier alpha value is -3.74. The predicted octanol–water partition coefficient (Wildman–Crippen LogP) is 4.51. The zero-order valence-electron chi connectivity index (χ0n) is 19.6. The van der Waals surface area contributed by atoms with Gasteiger partial charge in [0.25, 0.3) is 0 Å². The number of allylic oxidation sites excluding steroid dienone is 3. The number of esters is 1. The second-order valence-corrected chi connectivity index (χ2v) is 8.35. The number of carbonyl (C=O) groups excluding carboxylic acids is 2. The lowest BCUT2D eigenvalue weighted by Gasteiger charge is -2.34. The number of ketones is 1. The second kappa shape index (κ2) is 10.0. The minimum atomic E-state index is -0.604. The van der Waals surface area contributed by atoms with Crippen molar-refractivity contribution in [3.8, 4) is 17.2 Å². The summed E-state index contributed by atoms with van der Waals surface area (Å²) in [5.41, 5.74) is 3.99. The molecule has 0 fully saturated rings. The average Bonchev–Trinajstić information content (AvgIpc) is 2.83. The highest BCUT2D eigenvalue weighted by Gasteiger charge is 2.39. The molecule has 0 saturated heterocycles. The highest BCUT2D eigenvalue weighted by atomic mass is 16.5. The Kier molecular flexibility index (Phi) is 6.91. The molecule has 1 atom stereocenters. The van der Waals surface area contributed by atoms with Crippen LogP contribution in [-0.2, 0) is 20.9 Å². The van der Waals surface area contributed by atoms with E-state index < -0.39 is 11.9 Å². The zero-order chi connectivity index (χ0) is 24.2. The van der Waals surface area contributed by atoms with Crippen LogP contribution in [0.5, 0.6) is 17.2 Å². The second-order valence-electron chi connectivity index (χ2n) is 8.35. The Balaban J connectivity index is 1.69. The van der Waals surface area contributed by atoms with Gasteiger partial charge in [0, 0.05) is 29.3 Å². The zero-order valence-corrected chi connectivity index (χ0v) is 19.6. The van der Waals surface area contributed by atoms with Gasteiger partial charge >= 0.3 is 5.97 Å². The van der Waals surface area contributed by atoms with E-state index in [-0.39, 0.29) is 18.1 Å². The van der Waals surface area contributed by atoms with Gasteiger partial charge in [0.15, 0.2) is 17.3 Å². The minimum absolute atomic E-state index is 0.00745. The average molecular weight is 464 g/mol. The molecule has 178 valence electrons. The summed E-state index contributed by atoms with van der Waals surface area (Å²) >= 11 is 0. The number of nitrogens with one attached hydrogen (secondary N) is 1. The largest absolute Gasteiger partial charge is 0.504 e. The molecule has 0 amide bonds. The van der Waals surface area contributed by atoms with Gasteiger partial charge in [-0.2, -0.15) is 0 Å². The van der Waals surface area contributed by atoms with E-state index in [1.165, 1.54) is 6.07 Å². The fraction of sp³-hybridized carbons (Fsp3) is 0.333. The van der Waals surface area contributed by atoms with Gasteiger partial charge in [0.1, 0.15) is 12.4 Å². The molecule has 4 rings (SSSR count). The molecular weight excluding hydrogens is 434 g/mol. The third kappa shape index (κ3) is 4.64. The van der Waals surface area contributed by atoms with Crippen molar-refractivity contribution in [2.75, 3.05) is 13.7 Å². The molecule has 1 heterocycles. The molecule has 7 heteroatoms. The third-order valence-corrected chi connectivity index (χ3v) is 6.14. The molecule has 7 nitrogen and oxygen atoms in total. The number of rotatable bonds is 7. The van der Waals surface area contributed by atoms with Gasteiger partial charge in [-0.05, 0) is 62.1 Å². The first kappa shape index (κ1) is 23.4. The van der Waals surface area contributed by atoms with E-state index in [4.69, 9.17) is 14.2 Å². The van der Waals surface area contributed by atoms with E-state index in [0.717, 1.165) is 29.9 Å². The number of phenols is 1. The number of phenolic OH excluding ortho intramolecular Hbond substituents is 1. The Labute approximate surface area is 199 Å². The van der Waals surface area contributed by atoms with Crippen molar-refractivity contribution in [3.63, 3.8) is 0 Å². The van der Waals surface area contributed by atoms with Crippen molar-refractivity contribution in [3.05, 3.63) is 76.1 Å². The molecule has 0 saturated carbocycles. The van der Waals surface area contributed by atoms with E-state index in [2.05, 4.69) is 5.32 Å². The van der Waals surface area contributed by atoms with Gasteiger partial charge < -0.3 is 24.6 Å². The van der Waals surface area contributed by atoms with Crippen LogP contribution in [0.1, 0.15) is 50.2 Å². The fourth-order valence-corrected chi connectivity index (χ4v) is 4.52. The quantitative estimate of drug-likeness (QED) is 0.584. The summed E-state index contributed by atoms with van der Waals surface area (Å²) in [5, 5.41) is 13.5. The summed E-state index contributed by atoms with van der Waals surface area (Å²) in [7, 11) is 1.59. The fourth-order valence-electron chi connectivity index (χ4n) is 4.52. The normalized spacial score (nSPS) is 17.7. The van der Waals surface area contributed by atoms with Crippen LogP contribution in [0.2, 0.25) is 0 Å². The molecule has 2 aliphatic rings. The first-order valence-corrected chi connectivity index (χ1v) is 11.4. The summed E-state index contributed by atoms with van der Waals surface area (Å²) in [5.74, 6) is -0.0507. The molecule has 0 bridgehead atoms. The maximum absolute atomic E-state index is 13.4. The number of carbonyl (C=O) groups is 2. The molecular formula is C27H29NO6. The number of Topliss-reactive ketones (excluding diaryl/α,β-unsaturated/α-hetero) is 1. The van der Waals surface area contributed by atoms with E-state index >= 15 is 0 Å². The van der Waals surface area contributed by atoms with Gasteiger partial charge in [-0.1, -0.05) is 18.2 Å². The molecule has 0 spiro atoms. The number of benzene rings is 2. The number of ether oxygens (including phenoxy) is 3. The minimum Gasteiger partial charge on any atom is -0.504 e. The van der Waals surface area contributed by atoms with Crippen LogP contribution in [0.25, 0.3) is 0 Å². The highest BCUT2D eigenvalue weighted by molar-refractivity contribution is 6.03. The van der Waals surface area contributed by atoms with Crippen molar-refractivity contribution >= 4 is 11.8 Å². The van der Waals surface area contributed by atoms with Crippen molar-refractivity contribution in [2.45, 2.75) is 45.6 Å². The maximum atomic E-state index is 13.4. The van der Waals surface area contributed by atoms with Gasteiger partial charge in [0.05, 0.1) is 19.3 Å². The Morgan fingerprint density at radius 3 is 2.62 bits per heavy atom. The summed E-state index contributed by atoms with van der Waals surface area (Å²) in [6, 6.07) is 12.2. The summed E-state index contributed by atoms with van der Waals surface area (Å²) < 4.78 is 16.4. The lowest BCUT2D eigenvalue weighted by atomic mass is 9.75. The third-order valence-electron chi connectivity index (χ3n) is 6.14. The van der Waals surface area contributed by atoms with Crippen molar-refractivity contribution < 1.29 is 28.9 Å². The van der Waals surface area contributed by atoms with E-state index in [0.29, 0.717) is 41.2 Å². The summed E-state index contributed by atoms with van der Waals surface area (Å²) in [6.07, 6.45) is 1.93. The van der Waals surface area contributed by atoms with E-state index in [1.807, 2.05) is 38.1 Å². The Morgan fingerprint density at radius 2 is 1.91 bits per heavy atom. The van der Waals surface area contributed by atoms with Crippen LogP contribution >= 0.6 is 0 Å². The first-order valence-electron chi connectivity index (χ1n) is 11.4. The smallest absolute Gasteiger partial charge is 0.337 e. The number of methoxy groups -OCH3 is 1. The van der Waals surface area contributed by atoms with Crippen LogP contribution in [0.4, 0.5) is 0 Å². The number of hydrogen-bond donors (Lipinski definition) is 2. The highest BCUT2D eigenvalue weighted by Crippen LogP contribution is 2.44. The molecule has 2 aromatic carbocycles. The van der Waals surface area contributed by atoms with Gasteiger partial charge in [-0.25, -0.2) is 4.79 Å². The topological polar surface area (TPSA) is 94.1 Å². The number of dihydropyridines is 1. The monoisotopic (exact) mass is 463 g/mol. The van der Waals surface area contributed by atoms with E-state index in [9.17, 15) is 14.7 Å². The van der Waals surface area contributed by atoms with Crippen molar-refractivity contribution in [1.82, 2.24) is 5.32 Å². The first-order chi connectivity index (χ1) is 16.4. The van der Waals surface area contributed by atoms with Gasteiger partial charge in [-0.3, -0.25) is 4.79 Å².